The van der Waals surface area contributed by atoms with E-state index in [1.54, 1.807) is 7.11 Å². The molecule has 3 aromatic carbocycles. The average molecular weight is 420 g/mol. The third-order valence-electron chi connectivity index (χ3n) is 4.81. The van der Waals surface area contributed by atoms with Gasteiger partial charge in [-0.3, -0.25) is 0 Å². The molecule has 0 spiro atoms. The van der Waals surface area contributed by atoms with Crippen molar-refractivity contribution in [3.63, 3.8) is 0 Å². The van der Waals surface area contributed by atoms with E-state index in [4.69, 9.17) is 21.1 Å². The summed E-state index contributed by atoms with van der Waals surface area (Å²) in [4.78, 5) is 0. The Balaban J connectivity index is 1.53. The van der Waals surface area contributed by atoms with Crippen LogP contribution < -0.4 is 4.74 Å². The van der Waals surface area contributed by atoms with Crippen LogP contribution >= 0.6 is 11.6 Å². The van der Waals surface area contributed by atoms with Crippen LogP contribution in [0.5, 0.6) is 5.75 Å². The Kier molecular flexibility index (Phi) is 6.42. The van der Waals surface area contributed by atoms with E-state index in [0.717, 1.165) is 28.1 Å². The number of nitrogens with zero attached hydrogens (tertiary/aromatic N) is 3. The minimum Gasteiger partial charge on any atom is -0.497 e. The van der Waals surface area contributed by atoms with Crippen LogP contribution in [0.25, 0.3) is 11.3 Å². The fourth-order valence-electron chi connectivity index (χ4n) is 3.15. The Bertz CT molecular complexity index is 1060. The first kappa shape index (κ1) is 20.1. The molecule has 0 aliphatic heterocycles. The highest BCUT2D eigenvalue weighted by Crippen LogP contribution is 2.25. The van der Waals surface area contributed by atoms with E-state index in [-0.39, 0.29) is 6.10 Å². The summed E-state index contributed by atoms with van der Waals surface area (Å²) in [6, 6.07) is 25.6. The molecule has 0 bridgehead atoms. The van der Waals surface area contributed by atoms with Crippen molar-refractivity contribution in [1.29, 1.82) is 0 Å². The Hall–Kier alpha value is -3.15. The minimum atomic E-state index is -0.197. The number of hydrogen-bond acceptors (Lipinski definition) is 4. The van der Waals surface area contributed by atoms with Gasteiger partial charge >= 0.3 is 0 Å². The zero-order valence-corrected chi connectivity index (χ0v) is 17.4. The first-order valence-corrected chi connectivity index (χ1v) is 10.0. The third kappa shape index (κ3) is 5.06. The monoisotopic (exact) mass is 419 g/mol. The maximum atomic E-state index is 6.27. The number of methoxy groups -OCH3 is 1. The van der Waals surface area contributed by atoms with E-state index in [1.165, 1.54) is 0 Å². The van der Waals surface area contributed by atoms with Crippen molar-refractivity contribution >= 4 is 11.6 Å². The van der Waals surface area contributed by atoms with Crippen LogP contribution in [0, 0.1) is 0 Å². The highest BCUT2D eigenvalue weighted by molar-refractivity contribution is 6.30. The molecule has 0 aliphatic rings. The van der Waals surface area contributed by atoms with Crippen molar-refractivity contribution in [2.75, 3.05) is 7.11 Å². The minimum absolute atomic E-state index is 0.197. The standard InChI is InChI=1S/C24H22ClN3O2/c1-29-22-13-9-20(10-14-22)24(30-17-18-7-11-21(25)12-8-18)16-28-15-23(26-27-28)19-5-3-2-4-6-19/h2-15,24H,16-17H2,1H3. The highest BCUT2D eigenvalue weighted by Gasteiger charge is 2.15. The zero-order valence-electron chi connectivity index (χ0n) is 16.6. The van der Waals surface area contributed by atoms with E-state index in [0.29, 0.717) is 18.2 Å². The lowest BCUT2D eigenvalue weighted by molar-refractivity contribution is 0.0253. The Morgan fingerprint density at radius 1 is 0.933 bits per heavy atom. The molecule has 0 saturated heterocycles. The first-order chi connectivity index (χ1) is 14.7. The van der Waals surface area contributed by atoms with Gasteiger partial charge < -0.3 is 9.47 Å². The fraction of sp³-hybridized carbons (Fsp3) is 0.167. The lowest BCUT2D eigenvalue weighted by Gasteiger charge is -2.19. The number of aromatic nitrogens is 3. The Morgan fingerprint density at radius 3 is 2.37 bits per heavy atom. The molecule has 1 heterocycles. The molecule has 6 heteroatoms. The van der Waals surface area contributed by atoms with E-state index in [2.05, 4.69) is 10.3 Å². The van der Waals surface area contributed by atoms with Crippen LogP contribution in [-0.2, 0) is 17.9 Å². The highest BCUT2D eigenvalue weighted by atomic mass is 35.5. The van der Waals surface area contributed by atoms with Gasteiger partial charge in [0.2, 0.25) is 0 Å². The van der Waals surface area contributed by atoms with Gasteiger partial charge in [0.15, 0.2) is 0 Å². The topological polar surface area (TPSA) is 49.2 Å². The molecular formula is C24H22ClN3O2. The molecule has 4 rings (SSSR count). The van der Waals surface area contributed by atoms with Crippen molar-refractivity contribution in [3.05, 3.63) is 101 Å². The largest absolute Gasteiger partial charge is 0.497 e. The normalized spacial score (nSPS) is 11.9. The van der Waals surface area contributed by atoms with Gasteiger partial charge in [-0.15, -0.1) is 5.10 Å². The Morgan fingerprint density at radius 2 is 1.67 bits per heavy atom. The lowest BCUT2D eigenvalue weighted by Crippen LogP contribution is -2.13. The van der Waals surface area contributed by atoms with Crippen LogP contribution in [0.1, 0.15) is 17.2 Å². The van der Waals surface area contributed by atoms with Crippen molar-refractivity contribution < 1.29 is 9.47 Å². The molecule has 30 heavy (non-hydrogen) atoms. The molecule has 0 fully saturated rings. The summed E-state index contributed by atoms with van der Waals surface area (Å²) in [6.45, 7) is 1.01. The quantitative estimate of drug-likeness (QED) is 0.375. The summed E-state index contributed by atoms with van der Waals surface area (Å²) < 4.78 is 13.4. The third-order valence-corrected chi connectivity index (χ3v) is 5.07. The predicted molar refractivity (Wildman–Crippen MR) is 117 cm³/mol. The fourth-order valence-corrected chi connectivity index (χ4v) is 3.28. The van der Waals surface area contributed by atoms with Crippen LogP contribution in [0.2, 0.25) is 5.02 Å². The molecule has 152 valence electrons. The van der Waals surface area contributed by atoms with Crippen LogP contribution in [0.4, 0.5) is 0 Å². The number of benzene rings is 3. The number of ether oxygens (including phenoxy) is 2. The van der Waals surface area contributed by atoms with E-state index >= 15 is 0 Å². The molecule has 4 aromatic rings. The molecule has 0 N–H and O–H groups in total. The molecule has 0 radical (unpaired) electrons. The maximum absolute atomic E-state index is 6.27. The van der Waals surface area contributed by atoms with Crippen molar-refractivity contribution in [3.8, 4) is 17.0 Å². The van der Waals surface area contributed by atoms with Crippen molar-refractivity contribution in [2.45, 2.75) is 19.3 Å². The molecule has 1 aromatic heterocycles. The summed E-state index contributed by atoms with van der Waals surface area (Å²) >= 11 is 5.99. The van der Waals surface area contributed by atoms with Crippen molar-refractivity contribution in [1.82, 2.24) is 15.0 Å². The smallest absolute Gasteiger partial charge is 0.118 e. The molecular weight excluding hydrogens is 398 g/mol. The maximum Gasteiger partial charge on any atom is 0.118 e. The average Bonchev–Trinajstić information content (AvgIpc) is 3.27. The summed E-state index contributed by atoms with van der Waals surface area (Å²) in [5, 5.41) is 9.32. The molecule has 5 nitrogen and oxygen atoms in total. The van der Waals surface area contributed by atoms with Gasteiger partial charge in [-0.1, -0.05) is 71.4 Å². The van der Waals surface area contributed by atoms with Gasteiger partial charge in [-0.2, -0.15) is 0 Å². The molecule has 0 aliphatic carbocycles. The van der Waals surface area contributed by atoms with Gasteiger partial charge in [0.1, 0.15) is 17.5 Å². The van der Waals surface area contributed by atoms with Gasteiger partial charge in [-0.25, -0.2) is 4.68 Å². The van der Waals surface area contributed by atoms with E-state index in [9.17, 15) is 0 Å². The second-order valence-corrected chi connectivity index (χ2v) is 7.33. The summed E-state index contributed by atoms with van der Waals surface area (Å²) in [7, 11) is 1.66. The molecule has 0 amide bonds. The van der Waals surface area contributed by atoms with E-state index in [1.807, 2.05) is 89.7 Å². The Labute approximate surface area is 180 Å². The zero-order chi connectivity index (χ0) is 20.8. The molecule has 1 atom stereocenters. The second kappa shape index (κ2) is 9.57. The summed E-state index contributed by atoms with van der Waals surface area (Å²) in [6.07, 6.45) is 1.74. The number of halogens is 1. The van der Waals surface area contributed by atoms with Gasteiger partial charge in [0.25, 0.3) is 0 Å². The van der Waals surface area contributed by atoms with Crippen molar-refractivity contribution in [2.24, 2.45) is 0 Å². The number of hydrogen-bond donors (Lipinski definition) is 0. The predicted octanol–water partition coefficient (Wildman–Crippen LogP) is 5.57. The lowest BCUT2D eigenvalue weighted by atomic mass is 10.1. The second-order valence-electron chi connectivity index (χ2n) is 6.89. The summed E-state index contributed by atoms with van der Waals surface area (Å²) in [5.41, 5.74) is 3.97. The van der Waals surface area contributed by atoms with Gasteiger partial charge in [-0.05, 0) is 35.4 Å². The first-order valence-electron chi connectivity index (χ1n) is 9.67. The van der Waals surface area contributed by atoms with Crippen LogP contribution in [0.3, 0.4) is 0 Å². The van der Waals surface area contributed by atoms with E-state index < -0.39 is 0 Å². The SMILES string of the molecule is COc1ccc(C(Cn2cc(-c3ccccc3)nn2)OCc2ccc(Cl)cc2)cc1. The van der Waals surface area contributed by atoms with Crippen LogP contribution in [0.15, 0.2) is 85.1 Å². The van der Waals surface area contributed by atoms with Gasteiger partial charge in [0, 0.05) is 10.6 Å². The molecule has 0 saturated carbocycles. The van der Waals surface area contributed by atoms with Gasteiger partial charge in [0.05, 0.1) is 26.5 Å². The summed E-state index contributed by atoms with van der Waals surface area (Å²) in [5.74, 6) is 0.808. The van der Waals surface area contributed by atoms with Crippen LogP contribution in [-0.4, -0.2) is 22.1 Å². The number of rotatable bonds is 8. The molecule has 1 unspecified atom stereocenters.